The Balaban J connectivity index is 1.25. The van der Waals surface area contributed by atoms with Crippen molar-refractivity contribution in [1.29, 1.82) is 0 Å². The van der Waals surface area contributed by atoms with Crippen molar-refractivity contribution in [2.24, 2.45) is 5.41 Å². The molecule has 0 amide bonds. The summed E-state index contributed by atoms with van der Waals surface area (Å²) in [6.45, 7) is 6.55. The van der Waals surface area contributed by atoms with Crippen molar-refractivity contribution in [3.8, 4) is 5.75 Å². The van der Waals surface area contributed by atoms with Crippen LogP contribution in [0.3, 0.4) is 0 Å². The van der Waals surface area contributed by atoms with Gasteiger partial charge in [0.1, 0.15) is 29.7 Å². The molecule has 1 unspecified atom stereocenters. The van der Waals surface area contributed by atoms with Crippen molar-refractivity contribution in [3.05, 3.63) is 94.6 Å². The van der Waals surface area contributed by atoms with Crippen LogP contribution in [0.4, 0.5) is 18.9 Å². The molecule has 0 saturated carbocycles. The largest absolute Gasteiger partial charge is 0.489 e. The third-order valence-corrected chi connectivity index (χ3v) is 9.12. The van der Waals surface area contributed by atoms with Crippen LogP contribution in [0.2, 0.25) is 0 Å². The standard InChI is InChI=1S/C35H40F3N3O3/c1-34(2,38)20-40-14-11-25-15-27(44-19-24-7-4-3-5-8-24)9-10-28(25)33(40)32-29(36)16-26(17-30(32)37)41-22-35(23-41)12-6-13-39(21-35)18-31(42)43/h3-5,7-10,15-17,33H,6,11-14,18-23H2,1-2H3,(H,42,43). The highest BCUT2D eigenvalue weighted by Gasteiger charge is 2.46. The average molecular weight is 608 g/mol. The van der Waals surface area contributed by atoms with Gasteiger partial charge < -0.3 is 14.7 Å². The van der Waals surface area contributed by atoms with Crippen molar-refractivity contribution in [2.45, 2.75) is 51.4 Å². The van der Waals surface area contributed by atoms with Gasteiger partial charge >= 0.3 is 5.97 Å². The zero-order chi connectivity index (χ0) is 31.1. The van der Waals surface area contributed by atoms with Gasteiger partial charge in [-0.1, -0.05) is 36.4 Å². The number of aliphatic carboxylic acids is 1. The number of piperidine rings is 1. The molecule has 0 aromatic heterocycles. The molecule has 6 nitrogen and oxygen atoms in total. The molecule has 1 N–H and O–H groups in total. The second kappa shape index (κ2) is 12.1. The van der Waals surface area contributed by atoms with Gasteiger partial charge in [-0.05, 0) is 80.6 Å². The lowest BCUT2D eigenvalue weighted by Crippen LogP contribution is -2.63. The maximum Gasteiger partial charge on any atom is 0.317 e. The van der Waals surface area contributed by atoms with Crippen molar-refractivity contribution in [3.63, 3.8) is 0 Å². The first-order chi connectivity index (χ1) is 21.0. The third-order valence-electron chi connectivity index (χ3n) is 9.12. The molecule has 0 bridgehead atoms. The van der Waals surface area contributed by atoms with Crippen LogP contribution in [-0.4, -0.2) is 72.4 Å². The van der Waals surface area contributed by atoms with Crippen molar-refractivity contribution >= 4 is 11.7 Å². The van der Waals surface area contributed by atoms with Gasteiger partial charge in [0, 0.05) is 49.4 Å². The fourth-order valence-corrected chi connectivity index (χ4v) is 7.33. The molecule has 3 aliphatic heterocycles. The minimum Gasteiger partial charge on any atom is -0.489 e. The lowest BCUT2D eigenvalue weighted by Gasteiger charge is -2.55. The summed E-state index contributed by atoms with van der Waals surface area (Å²) in [4.78, 5) is 17.0. The Hall–Kier alpha value is -3.56. The van der Waals surface area contributed by atoms with E-state index >= 15 is 8.78 Å². The number of likely N-dealkylation sites (tertiary alicyclic amines) is 1. The molecule has 1 spiro atoms. The van der Waals surface area contributed by atoms with E-state index in [-0.39, 0.29) is 24.1 Å². The van der Waals surface area contributed by atoms with Crippen LogP contribution in [-0.2, 0) is 17.8 Å². The van der Waals surface area contributed by atoms with Crippen LogP contribution in [0.25, 0.3) is 0 Å². The maximum absolute atomic E-state index is 16.1. The molecule has 234 valence electrons. The second-order valence-electron chi connectivity index (χ2n) is 13.4. The molecule has 0 aliphatic carbocycles. The Morgan fingerprint density at radius 1 is 1.02 bits per heavy atom. The lowest BCUT2D eigenvalue weighted by molar-refractivity contribution is -0.139. The minimum atomic E-state index is -1.55. The highest BCUT2D eigenvalue weighted by atomic mass is 19.1. The zero-order valence-corrected chi connectivity index (χ0v) is 25.4. The molecule has 3 aromatic carbocycles. The van der Waals surface area contributed by atoms with E-state index in [1.807, 2.05) is 63.2 Å². The zero-order valence-electron chi connectivity index (χ0n) is 25.4. The van der Waals surface area contributed by atoms with Crippen LogP contribution in [0, 0.1) is 17.0 Å². The number of carbonyl (C=O) groups is 1. The maximum atomic E-state index is 16.1. The van der Waals surface area contributed by atoms with Crippen molar-refractivity contribution < 1.29 is 27.8 Å². The number of hydrogen-bond donors (Lipinski definition) is 1. The van der Waals surface area contributed by atoms with Crippen LogP contribution >= 0.6 is 0 Å². The van der Waals surface area contributed by atoms with Gasteiger partial charge in [-0.2, -0.15) is 0 Å². The van der Waals surface area contributed by atoms with Gasteiger partial charge in [-0.15, -0.1) is 0 Å². The van der Waals surface area contributed by atoms with E-state index in [0.29, 0.717) is 50.6 Å². The molecular formula is C35H40F3N3O3. The molecule has 3 heterocycles. The van der Waals surface area contributed by atoms with Crippen molar-refractivity contribution in [1.82, 2.24) is 9.80 Å². The monoisotopic (exact) mass is 607 g/mol. The predicted molar refractivity (Wildman–Crippen MR) is 164 cm³/mol. The summed E-state index contributed by atoms with van der Waals surface area (Å²) in [6, 6.07) is 17.5. The summed E-state index contributed by atoms with van der Waals surface area (Å²) < 4.78 is 53.1. The highest BCUT2D eigenvalue weighted by Crippen LogP contribution is 2.44. The number of nitrogens with zero attached hydrogens (tertiary/aromatic N) is 3. The summed E-state index contributed by atoms with van der Waals surface area (Å²) in [7, 11) is 0. The summed E-state index contributed by atoms with van der Waals surface area (Å²) in [6.07, 6.45) is 2.48. The predicted octanol–water partition coefficient (Wildman–Crippen LogP) is 6.23. The molecule has 9 heteroatoms. The van der Waals surface area contributed by atoms with Crippen molar-refractivity contribution in [2.75, 3.05) is 50.7 Å². The molecule has 1 atom stereocenters. The lowest BCUT2D eigenvalue weighted by atomic mass is 9.73. The SMILES string of the molecule is CC(C)(F)CN1CCc2cc(OCc3ccccc3)ccc2C1c1c(F)cc(N2CC3(CCCN(CC(=O)O)C3)C2)cc1F. The fourth-order valence-electron chi connectivity index (χ4n) is 7.33. The number of ether oxygens (including phenoxy) is 1. The molecular weight excluding hydrogens is 567 g/mol. The van der Waals surface area contributed by atoms with Gasteiger partial charge in [0.15, 0.2) is 0 Å². The van der Waals surface area contributed by atoms with E-state index in [1.165, 1.54) is 26.0 Å². The Morgan fingerprint density at radius 2 is 1.75 bits per heavy atom. The van der Waals surface area contributed by atoms with Crippen LogP contribution in [0.1, 0.15) is 55.0 Å². The number of carboxylic acid groups (broad SMARTS) is 1. The molecule has 44 heavy (non-hydrogen) atoms. The normalized spacial score (nSPS) is 20.3. The summed E-state index contributed by atoms with van der Waals surface area (Å²) in [5.41, 5.74) is 1.51. The third kappa shape index (κ3) is 6.59. The number of benzene rings is 3. The number of carboxylic acids is 1. The Morgan fingerprint density at radius 3 is 2.43 bits per heavy atom. The Kier molecular flexibility index (Phi) is 8.37. The van der Waals surface area contributed by atoms with Crippen LogP contribution in [0.5, 0.6) is 5.75 Å². The minimum absolute atomic E-state index is 0.00932. The highest BCUT2D eigenvalue weighted by molar-refractivity contribution is 5.69. The number of alkyl halides is 1. The number of anilines is 1. The Bertz CT molecular complexity index is 1480. The van der Waals surface area contributed by atoms with E-state index < -0.39 is 29.3 Å². The summed E-state index contributed by atoms with van der Waals surface area (Å²) >= 11 is 0. The Labute approximate surface area is 257 Å². The van der Waals surface area contributed by atoms with Gasteiger partial charge in [0.05, 0.1) is 12.6 Å². The van der Waals surface area contributed by atoms with Gasteiger partial charge in [0.2, 0.25) is 0 Å². The van der Waals surface area contributed by atoms with E-state index in [4.69, 9.17) is 4.74 Å². The molecule has 3 aromatic rings. The number of fused-ring (bicyclic) bond motifs is 1. The van der Waals surface area contributed by atoms with E-state index in [0.717, 1.165) is 36.1 Å². The topological polar surface area (TPSA) is 56.2 Å². The fraction of sp³-hybridized carbons (Fsp3) is 0.457. The first-order valence-electron chi connectivity index (χ1n) is 15.4. The van der Waals surface area contributed by atoms with E-state index in [9.17, 15) is 14.3 Å². The first-order valence-corrected chi connectivity index (χ1v) is 15.4. The van der Waals surface area contributed by atoms with E-state index in [2.05, 4.69) is 0 Å². The van der Waals surface area contributed by atoms with Crippen LogP contribution in [0.15, 0.2) is 60.7 Å². The van der Waals surface area contributed by atoms with Gasteiger partial charge in [-0.3, -0.25) is 14.6 Å². The number of halogens is 3. The smallest absolute Gasteiger partial charge is 0.317 e. The summed E-state index contributed by atoms with van der Waals surface area (Å²) in [5.74, 6) is -1.47. The van der Waals surface area contributed by atoms with Gasteiger partial charge in [0.25, 0.3) is 0 Å². The van der Waals surface area contributed by atoms with Crippen LogP contribution < -0.4 is 9.64 Å². The number of rotatable bonds is 9. The number of hydrogen-bond acceptors (Lipinski definition) is 5. The van der Waals surface area contributed by atoms with Gasteiger partial charge in [-0.25, -0.2) is 13.2 Å². The summed E-state index contributed by atoms with van der Waals surface area (Å²) in [5, 5.41) is 9.21. The average Bonchev–Trinajstić information content (AvgIpc) is 2.95. The first kappa shape index (κ1) is 30.5. The van der Waals surface area contributed by atoms with E-state index in [1.54, 1.807) is 0 Å². The molecule has 2 fully saturated rings. The molecule has 3 aliphatic rings. The molecule has 6 rings (SSSR count). The quantitative estimate of drug-likeness (QED) is 0.312. The molecule has 0 radical (unpaired) electrons. The second-order valence-corrected chi connectivity index (χ2v) is 13.4. The molecule has 2 saturated heterocycles.